The summed E-state index contributed by atoms with van der Waals surface area (Å²) in [5.74, 6) is 2.56. The van der Waals surface area contributed by atoms with E-state index in [2.05, 4.69) is 20.9 Å². The van der Waals surface area contributed by atoms with Gasteiger partial charge in [-0.25, -0.2) is 4.98 Å². The van der Waals surface area contributed by atoms with Gasteiger partial charge in [0.05, 0.1) is 14.2 Å². The Kier molecular flexibility index (Phi) is 5.61. The third kappa shape index (κ3) is 3.90. The minimum atomic E-state index is -0.0236. The molecule has 0 aliphatic carbocycles. The minimum absolute atomic E-state index is 0.0236. The van der Waals surface area contributed by atoms with Crippen molar-refractivity contribution in [3.63, 3.8) is 0 Å². The summed E-state index contributed by atoms with van der Waals surface area (Å²) in [5, 5.41) is 0. The number of likely N-dealkylation sites (tertiary alicyclic amines) is 1. The number of aryl methyl sites for hydroxylation is 1. The van der Waals surface area contributed by atoms with Gasteiger partial charge in [0.1, 0.15) is 5.82 Å². The van der Waals surface area contributed by atoms with E-state index in [9.17, 15) is 4.79 Å². The van der Waals surface area contributed by atoms with E-state index in [4.69, 9.17) is 9.47 Å². The van der Waals surface area contributed by atoms with Crippen molar-refractivity contribution in [1.82, 2.24) is 14.9 Å². The molecule has 140 valence electrons. The topological polar surface area (TPSA) is 67.5 Å². The van der Waals surface area contributed by atoms with E-state index in [0.717, 1.165) is 55.5 Å². The quantitative estimate of drug-likeness (QED) is 0.891. The molecular formula is C20H27N3O3. The molecule has 6 nitrogen and oxygen atoms in total. The molecule has 1 fully saturated rings. The lowest BCUT2D eigenvalue weighted by Gasteiger charge is -2.32. The van der Waals surface area contributed by atoms with E-state index < -0.39 is 0 Å². The molecule has 1 aromatic carbocycles. The predicted octanol–water partition coefficient (Wildman–Crippen LogP) is 2.78. The summed E-state index contributed by atoms with van der Waals surface area (Å²) in [4.78, 5) is 22.1. The number of H-pyrrole nitrogens is 1. The van der Waals surface area contributed by atoms with Crippen molar-refractivity contribution in [3.05, 3.63) is 51.2 Å². The van der Waals surface area contributed by atoms with Gasteiger partial charge in [0, 0.05) is 30.3 Å². The Hall–Kier alpha value is -2.34. The van der Waals surface area contributed by atoms with Gasteiger partial charge >= 0.3 is 0 Å². The first-order valence-electron chi connectivity index (χ1n) is 9.02. The highest BCUT2D eigenvalue weighted by atomic mass is 16.5. The normalized spacial score (nSPS) is 17.9. The van der Waals surface area contributed by atoms with Crippen molar-refractivity contribution < 1.29 is 9.47 Å². The van der Waals surface area contributed by atoms with E-state index in [0.29, 0.717) is 5.56 Å². The fourth-order valence-electron chi connectivity index (χ4n) is 3.52. The molecule has 0 radical (unpaired) electrons. The molecule has 1 aliphatic heterocycles. The lowest BCUT2D eigenvalue weighted by atomic mass is 9.96. The number of methoxy groups -OCH3 is 2. The highest BCUT2D eigenvalue weighted by Crippen LogP contribution is 2.30. The summed E-state index contributed by atoms with van der Waals surface area (Å²) < 4.78 is 10.7. The Balaban J connectivity index is 1.74. The number of aromatic nitrogens is 2. The summed E-state index contributed by atoms with van der Waals surface area (Å²) >= 11 is 0. The van der Waals surface area contributed by atoms with Gasteiger partial charge < -0.3 is 14.5 Å². The molecule has 1 atom stereocenters. The molecule has 1 aromatic heterocycles. The van der Waals surface area contributed by atoms with Gasteiger partial charge in [-0.15, -0.1) is 0 Å². The number of hydrogen-bond donors (Lipinski definition) is 1. The van der Waals surface area contributed by atoms with Gasteiger partial charge in [0.25, 0.3) is 5.56 Å². The maximum absolute atomic E-state index is 12.1. The average molecular weight is 357 g/mol. The maximum atomic E-state index is 12.1. The Morgan fingerprint density at radius 1 is 1.23 bits per heavy atom. The van der Waals surface area contributed by atoms with Crippen LogP contribution in [0.2, 0.25) is 0 Å². The molecule has 3 rings (SSSR count). The third-order valence-electron chi connectivity index (χ3n) is 5.16. The van der Waals surface area contributed by atoms with E-state index in [1.807, 2.05) is 26.0 Å². The monoisotopic (exact) mass is 357 g/mol. The molecule has 2 heterocycles. The zero-order valence-electron chi connectivity index (χ0n) is 16.0. The fraction of sp³-hybridized carbons (Fsp3) is 0.500. The number of nitrogens with one attached hydrogen (secondary N) is 1. The SMILES string of the molecule is COc1ccc(CN2CCCC(c3nc(C)c(C)c(=O)[nH]3)C2)cc1OC. The molecule has 0 amide bonds. The third-order valence-corrected chi connectivity index (χ3v) is 5.16. The number of benzene rings is 1. The smallest absolute Gasteiger partial charge is 0.254 e. The Labute approximate surface area is 154 Å². The van der Waals surface area contributed by atoms with Crippen LogP contribution in [0.15, 0.2) is 23.0 Å². The Morgan fingerprint density at radius 2 is 2.00 bits per heavy atom. The van der Waals surface area contributed by atoms with Gasteiger partial charge in [-0.2, -0.15) is 0 Å². The van der Waals surface area contributed by atoms with Crippen molar-refractivity contribution in [2.24, 2.45) is 0 Å². The van der Waals surface area contributed by atoms with Crippen LogP contribution >= 0.6 is 0 Å². The molecule has 1 saturated heterocycles. The lowest BCUT2D eigenvalue weighted by Crippen LogP contribution is -2.35. The number of ether oxygens (including phenoxy) is 2. The first-order chi connectivity index (χ1) is 12.5. The van der Waals surface area contributed by atoms with Gasteiger partial charge in [-0.05, 0) is 50.9 Å². The minimum Gasteiger partial charge on any atom is -0.493 e. The van der Waals surface area contributed by atoms with E-state index in [-0.39, 0.29) is 11.5 Å². The van der Waals surface area contributed by atoms with E-state index >= 15 is 0 Å². The first kappa shape index (κ1) is 18.5. The number of aromatic amines is 1. The molecule has 1 N–H and O–H groups in total. The first-order valence-corrected chi connectivity index (χ1v) is 9.02. The second kappa shape index (κ2) is 7.91. The van der Waals surface area contributed by atoms with Crippen LogP contribution in [0, 0.1) is 13.8 Å². The predicted molar refractivity (Wildman–Crippen MR) is 101 cm³/mol. The van der Waals surface area contributed by atoms with E-state index in [1.54, 1.807) is 14.2 Å². The Bertz CT molecular complexity index is 832. The number of piperidine rings is 1. The molecule has 2 aromatic rings. The van der Waals surface area contributed by atoms with Gasteiger partial charge in [-0.1, -0.05) is 6.07 Å². The maximum Gasteiger partial charge on any atom is 0.254 e. The molecule has 0 saturated carbocycles. The Morgan fingerprint density at radius 3 is 2.69 bits per heavy atom. The van der Waals surface area contributed by atoms with Crippen LogP contribution in [0.1, 0.15) is 41.4 Å². The van der Waals surface area contributed by atoms with E-state index in [1.165, 1.54) is 5.56 Å². The van der Waals surface area contributed by atoms with Crippen LogP contribution in [0.3, 0.4) is 0 Å². The summed E-state index contributed by atoms with van der Waals surface area (Å²) in [5.41, 5.74) is 2.68. The summed E-state index contributed by atoms with van der Waals surface area (Å²) in [6, 6.07) is 6.04. The fourth-order valence-corrected chi connectivity index (χ4v) is 3.52. The highest BCUT2D eigenvalue weighted by molar-refractivity contribution is 5.42. The van der Waals surface area contributed by atoms with Crippen molar-refractivity contribution in [1.29, 1.82) is 0 Å². The molecule has 0 bridgehead atoms. The van der Waals surface area contributed by atoms with Gasteiger partial charge in [0.2, 0.25) is 0 Å². The largest absolute Gasteiger partial charge is 0.493 e. The second-order valence-corrected chi connectivity index (χ2v) is 6.93. The lowest BCUT2D eigenvalue weighted by molar-refractivity contribution is 0.196. The molecular weight excluding hydrogens is 330 g/mol. The zero-order chi connectivity index (χ0) is 18.7. The van der Waals surface area contributed by atoms with Crippen LogP contribution in [-0.2, 0) is 6.54 Å². The van der Waals surface area contributed by atoms with Crippen molar-refractivity contribution >= 4 is 0 Å². The number of nitrogens with zero attached hydrogens (tertiary/aromatic N) is 2. The second-order valence-electron chi connectivity index (χ2n) is 6.93. The van der Waals surface area contributed by atoms with Gasteiger partial charge in [-0.3, -0.25) is 9.69 Å². The van der Waals surface area contributed by atoms with Crippen LogP contribution in [0.5, 0.6) is 11.5 Å². The molecule has 26 heavy (non-hydrogen) atoms. The van der Waals surface area contributed by atoms with Crippen molar-refractivity contribution in [2.75, 3.05) is 27.3 Å². The van der Waals surface area contributed by atoms with Crippen LogP contribution in [-0.4, -0.2) is 42.2 Å². The average Bonchev–Trinajstić information content (AvgIpc) is 2.65. The van der Waals surface area contributed by atoms with Crippen molar-refractivity contribution in [2.45, 2.75) is 39.2 Å². The highest BCUT2D eigenvalue weighted by Gasteiger charge is 2.24. The van der Waals surface area contributed by atoms with Gasteiger partial charge in [0.15, 0.2) is 11.5 Å². The number of hydrogen-bond acceptors (Lipinski definition) is 5. The molecule has 1 aliphatic rings. The summed E-state index contributed by atoms with van der Waals surface area (Å²) in [6.45, 7) is 6.49. The van der Waals surface area contributed by atoms with Crippen molar-refractivity contribution in [3.8, 4) is 11.5 Å². The van der Waals surface area contributed by atoms with Crippen LogP contribution < -0.4 is 15.0 Å². The van der Waals surface area contributed by atoms with Crippen LogP contribution in [0.4, 0.5) is 0 Å². The molecule has 0 spiro atoms. The number of rotatable bonds is 5. The van der Waals surface area contributed by atoms with Crippen LogP contribution in [0.25, 0.3) is 0 Å². The summed E-state index contributed by atoms with van der Waals surface area (Å²) in [7, 11) is 3.30. The summed E-state index contributed by atoms with van der Waals surface area (Å²) in [6.07, 6.45) is 2.14. The standard InChI is InChI=1S/C20H27N3O3/c1-13-14(2)21-19(22-20(13)24)16-6-5-9-23(12-16)11-15-7-8-17(25-3)18(10-15)26-4/h7-8,10,16H,5-6,9,11-12H2,1-4H3,(H,21,22,24). The molecule has 1 unspecified atom stereocenters. The zero-order valence-corrected chi connectivity index (χ0v) is 16.0. The molecule has 6 heteroatoms.